The number of carbonyl (C=O) groups excluding carboxylic acids is 4. The summed E-state index contributed by atoms with van der Waals surface area (Å²) >= 11 is 0. The smallest absolute Gasteiger partial charge is 0.329 e. The van der Waals surface area contributed by atoms with Crippen LogP contribution < -0.4 is 0 Å². The van der Waals surface area contributed by atoms with Crippen LogP contribution in [0.2, 0.25) is 0 Å². The van der Waals surface area contributed by atoms with Crippen LogP contribution in [0.25, 0.3) is 0 Å². The molecule has 0 aromatic heterocycles. The summed E-state index contributed by atoms with van der Waals surface area (Å²) in [4.78, 5) is 52.9. The third kappa shape index (κ3) is 3.04. The van der Waals surface area contributed by atoms with Gasteiger partial charge in [-0.2, -0.15) is 0 Å². The lowest BCUT2D eigenvalue weighted by molar-refractivity contribution is -0.170. The van der Waals surface area contributed by atoms with Gasteiger partial charge in [0.2, 0.25) is 11.8 Å². The largest absolute Gasteiger partial charge is 0.453 e. The number of amides is 2. The van der Waals surface area contributed by atoms with Crippen molar-refractivity contribution in [2.45, 2.75) is 90.2 Å². The normalized spacial score (nSPS) is 41.5. The lowest BCUT2D eigenvalue weighted by atomic mass is 9.48. The number of nitrogens with zero attached hydrogens (tertiary/aromatic N) is 1. The van der Waals surface area contributed by atoms with Crippen LogP contribution in [0.1, 0.15) is 78.1 Å². The monoisotopic (exact) mass is 415 g/mol. The molecule has 30 heavy (non-hydrogen) atoms. The number of ether oxygens (including phenoxy) is 1. The van der Waals surface area contributed by atoms with Crippen molar-refractivity contribution in [2.24, 2.45) is 35.0 Å². The highest BCUT2D eigenvalue weighted by molar-refractivity contribution is 6.08. The number of rotatable bonds is 5. The molecule has 5 saturated carbocycles. The molecular weight excluding hydrogens is 382 g/mol. The first-order valence-electron chi connectivity index (χ1n) is 11.9. The lowest BCUT2D eigenvalue weighted by Gasteiger charge is -2.56. The molecule has 6 rings (SSSR count). The zero-order valence-corrected chi connectivity index (χ0v) is 18.1. The van der Waals surface area contributed by atoms with Gasteiger partial charge in [0.15, 0.2) is 11.9 Å². The summed E-state index contributed by atoms with van der Waals surface area (Å²) in [5.41, 5.74) is -0.327. The fraction of sp³-hybridized carbons (Fsp3) is 0.833. The highest BCUT2D eigenvalue weighted by atomic mass is 16.5. The van der Waals surface area contributed by atoms with E-state index in [2.05, 4.69) is 0 Å². The number of fused-ring (bicyclic) bond motifs is 1. The van der Waals surface area contributed by atoms with Crippen molar-refractivity contribution in [1.29, 1.82) is 0 Å². The summed E-state index contributed by atoms with van der Waals surface area (Å²) in [7, 11) is 0. The molecule has 4 bridgehead atoms. The van der Waals surface area contributed by atoms with E-state index in [-0.39, 0.29) is 34.8 Å². The van der Waals surface area contributed by atoms with Gasteiger partial charge in [-0.1, -0.05) is 12.8 Å². The number of Topliss-reactive ketones (excluding diaryl/α,β-unsaturated/α-hetero) is 1. The molecule has 4 atom stereocenters. The van der Waals surface area contributed by atoms with Crippen LogP contribution in [0.5, 0.6) is 0 Å². The van der Waals surface area contributed by atoms with Crippen molar-refractivity contribution >= 4 is 23.6 Å². The SMILES string of the molecule is CC(OC(=O)C(C)N1C(=O)C2CCCCC2C1=O)C(=O)C12CC3CC(CC(C3)C1)C2. The first kappa shape index (κ1) is 20.2. The van der Waals surface area contributed by atoms with Crippen LogP contribution in [-0.2, 0) is 23.9 Å². The Morgan fingerprint density at radius 2 is 1.37 bits per heavy atom. The maximum absolute atomic E-state index is 13.4. The van der Waals surface area contributed by atoms with E-state index in [0.717, 1.165) is 37.0 Å². The fourth-order valence-electron chi connectivity index (χ4n) is 7.84. The van der Waals surface area contributed by atoms with Crippen LogP contribution in [0.4, 0.5) is 0 Å². The predicted molar refractivity (Wildman–Crippen MR) is 108 cm³/mol. The molecule has 0 spiro atoms. The Balaban J connectivity index is 1.25. The van der Waals surface area contributed by atoms with E-state index in [1.807, 2.05) is 0 Å². The molecule has 0 aromatic carbocycles. The van der Waals surface area contributed by atoms with Gasteiger partial charge in [0.1, 0.15) is 6.04 Å². The quantitative estimate of drug-likeness (QED) is 0.509. The van der Waals surface area contributed by atoms with E-state index in [1.54, 1.807) is 13.8 Å². The van der Waals surface area contributed by atoms with Crippen LogP contribution in [0, 0.1) is 35.0 Å². The van der Waals surface area contributed by atoms with Crippen molar-refractivity contribution in [1.82, 2.24) is 4.90 Å². The average Bonchev–Trinajstić information content (AvgIpc) is 2.96. The standard InChI is InChI=1S/C24H33NO5/c1-13(25-21(27)18-5-3-4-6-19(18)22(25)28)23(29)30-14(2)20(26)24-10-15-7-16(11-24)9-17(8-15)12-24/h13-19H,3-12H2,1-2H3. The molecule has 1 saturated heterocycles. The second kappa shape index (κ2) is 7.16. The van der Waals surface area contributed by atoms with Gasteiger partial charge in [0.25, 0.3) is 0 Å². The van der Waals surface area contributed by atoms with Gasteiger partial charge in [-0.15, -0.1) is 0 Å². The molecule has 2 amide bonds. The van der Waals surface area contributed by atoms with Gasteiger partial charge >= 0.3 is 5.97 Å². The molecule has 5 aliphatic carbocycles. The predicted octanol–water partition coefficient (Wildman–Crippen LogP) is 3.27. The Morgan fingerprint density at radius 3 is 1.83 bits per heavy atom. The van der Waals surface area contributed by atoms with E-state index in [1.165, 1.54) is 19.3 Å². The molecule has 6 nitrogen and oxygen atoms in total. The molecule has 0 radical (unpaired) electrons. The summed E-state index contributed by atoms with van der Waals surface area (Å²) < 4.78 is 5.59. The molecule has 0 aromatic rings. The Kier molecular flexibility index (Phi) is 4.82. The minimum Gasteiger partial charge on any atom is -0.453 e. The molecule has 1 aliphatic heterocycles. The third-order valence-electron chi connectivity index (χ3n) is 8.83. The first-order chi connectivity index (χ1) is 14.3. The molecule has 164 valence electrons. The fourth-order valence-corrected chi connectivity index (χ4v) is 7.84. The Labute approximate surface area is 178 Å². The van der Waals surface area contributed by atoms with Crippen molar-refractivity contribution in [2.75, 3.05) is 0 Å². The second-order valence-corrected chi connectivity index (χ2v) is 10.9. The summed E-state index contributed by atoms with van der Waals surface area (Å²) in [5.74, 6) is 0.292. The van der Waals surface area contributed by atoms with Gasteiger partial charge in [-0.25, -0.2) is 4.79 Å². The van der Waals surface area contributed by atoms with Crippen molar-refractivity contribution < 1.29 is 23.9 Å². The minimum absolute atomic E-state index is 0.0508. The lowest BCUT2D eigenvalue weighted by Crippen LogP contribution is -2.53. The van der Waals surface area contributed by atoms with E-state index in [0.29, 0.717) is 30.6 Å². The maximum atomic E-state index is 13.4. The van der Waals surface area contributed by atoms with Crippen molar-refractivity contribution in [3.63, 3.8) is 0 Å². The van der Waals surface area contributed by atoms with Crippen LogP contribution >= 0.6 is 0 Å². The number of esters is 1. The van der Waals surface area contributed by atoms with Crippen molar-refractivity contribution in [3.05, 3.63) is 0 Å². The number of hydrogen-bond acceptors (Lipinski definition) is 5. The molecular formula is C24H33NO5. The van der Waals surface area contributed by atoms with Gasteiger partial charge in [0.05, 0.1) is 11.8 Å². The highest BCUT2D eigenvalue weighted by Gasteiger charge is 2.56. The summed E-state index contributed by atoms with van der Waals surface area (Å²) in [6.45, 7) is 3.22. The second-order valence-electron chi connectivity index (χ2n) is 10.9. The Hall–Kier alpha value is -1.72. The zero-order valence-electron chi connectivity index (χ0n) is 18.1. The molecule has 0 N–H and O–H groups in total. The number of carbonyl (C=O) groups is 4. The van der Waals surface area contributed by atoms with Gasteiger partial charge in [-0.3, -0.25) is 19.3 Å². The molecule has 4 unspecified atom stereocenters. The van der Waals surface area contributed by atoms with Gasteiger partial charge in [0, 0.05) is 5.41 Å². The van der Waals surface area contributed by atoms with Gasteiger partial charge < -0.3 is 4.74 Å². The number of imide groups is 1. The maximum Gasteiger partial charge on any atom is 0.329 e. The Morgan fingerprint density at radius 1 is 0.900 bits per heavy atom. The zero-order chi connectivity index (χ0) is 21.2. The van der Waals surface area contributed by atoms with E-state index >= 15 is 0 Å². The Bertz CT molecular complexity index is 729. The highest BCUT2D eigenvalue weighted by Crippen LogP contribution is 2.60. The summed E-state index contributed by atoms with van der Waals surface area (Å²) in [5, 5.41) is 0. The van der Waals surface area contributed by atoms with Crippen LogP contribution in [-0.4, -0.2) is 40.6 Å². The molecule has 6 heteroatoms. The van der Waals surface area contributed by atoms with E-state index in [4.69, 9.17) is 4.74 Å². The molecule has 6 fully saturated rings. The van der Waals surface area contributed by atoms with E-state index < -0.39 is 18.1 Å². The number of hydrogen-bond donors (Lipinski definition) is 0. The number of ketones is 1. The van der Waals surface area contributed by atoms with Gasteiger partial charge in [-0.05, 0) is 83.0 Å². The van der Waals surface area contributed by atoms with Crippen LogP contribution in [0.15, 0.2) is 0 Å². The summed E-state index contributed by atoms with van der Waals surface area (Å²) in [6, 6.07) is -0.970. The molecule has 6 aliphatic rings. The summed E-state index contributed by atoms with van der Waals surface area (Å²) in [6.07, 6.45) is 9.05. The average molecular weight is 416 g/mol. The van der Waals surface area contributed by atoms with E-state index in [9.17, 15) is 19.2 Å². The topological polar surface area (TPSA) is 80.8 Å². The molecule has 1 heterocycles. The first-order valence-corrected chi connectivity index (χ1v) is 11.9. The third-order valence-corrected chi connectivity index (χ3v) is 8.83. The minimum atomic E-state index is -0.970. The number of likely N-dealkylation sites (tertiary alicyclic amines) is 1. The van der Waals surface area contributed by atoms with Crippen molar-refractivity contribution in [3.8, 4) is 0 Å². The van der Waals surface area contributed by atoms with Crippen LogP contribution in [0.3, 0.4) is 0 Å².